The molecule has 2 aliphatic heterocycles. The fourth-order valence-corrected chi connectivity index (χ4v) is 4.30. The molecule has 0 saturated carbocycles. The summed E-state index contributed by atoms with van der Waals surface area (Å²) in [4.78, 5) is 31.1. The molecule has 34 heavy (non-hydrogen) atoms. The number of amides is 1. The van der Waals surface area contributed by atoms with E-state index in [1.165, 1.54) is 0 Å². The van der Waals surface area contributed by atoms with Gasteiger partial charge in [-0.2, -0.15) is 0 Å². The summed E-state index contributed by atoms with van der Waals surface area (Å²) in [6.07, 6.45) is 7.49. The van der Waals surface area contributed by atoms with E-state index in [-0.39, 0.29) is 7.33 Å². The molecule has 0 bridgehead atoms. The standard InChI is InChI=1S/C24H29N9O.H2/c1-31(2)18-7-10-33(11-8-18)23-12-16(6-9-25-23)24(34)28-22-13-20-17(14-26-22)4-5-19(27-20)21-15-32(3)30-29-21;/h4-6,9,12-15,18,29-30H,7-8,10-11H2,1-3H3,(H,26,28,34);1H. The number of fused-ring (bicyclic) bond motifs is 1. The van der Waals surface area contributed by atoms with E-state index in [0.29, 0.717) is 17.4 Å². The Bertz CT molecular complexity index is 1240. The van der Waals surface area contributed by atoms with Crippen molar-refractivity contribution >= 4 is 34.1 Å². The SMILES string of the molecule is CN1C=C(c2ccc3cnc(NC(=O)c4ccnc(N5CCC(N(C)C)CC5)c4)cc3n2)NN1.[HH]. The van der Waals surface area contributed by atoms with Crippen LogP contribution in [0, 0.1) is 0 Å². The highest BCUT2D eigenvalue weighted by Crippen LogP contribution is 2.22. The van der Waals surface area contributed by atoms with Gasteiger partial charge < -0.3 is 20.5 Å². The quantitative estimate of drug-likeness (QED) is 0.528. The Labute approximate surface area is 200 Å². The Hall–Kier alpha value is -3.76. The number of aromatic nitrogens is 3. The number of nitrogens with zero attached hydrogens (tertiary/aromatic N) is 6. The number of hydrogen-bond acceptors (Lipinski definition) is 9. The second-order valence-electron chi connectivity index (χ2n) is 8.89. The number of hydrazine groups is 2. The zero-order valence-corrected chi connectivity index (χ0v) is 19.6. The van der Waals surface area contributed by atoms with Gasteiger partial charge in [0.2, 0.25) is 0 Å². The van der Waals surface area contributed by atoms with Crippen LogP contribution in [0.4, 0.5) is 11.6 Å². The molecule has 1 fully saturated rings. The summed E-state index contributed by atoms with van der Waals surface area (Å²) in [7, 11) is 6.15. The average Bonchev–Trinajstić information content (AvgIpc) is 3.30. The lowest BCUT2D eigenvalue weighted by Crippen LogP contribution is -2.42. The Balaban J connectivity index is 0.00000289. The molecular formula is C24H31N9O. The zero-order valence-electron chi connectivity index (χ0n) is 19.6. The molecule has 0 atom stereocenters. The summed E-state index contributed by atoms with van der Waals surface area (Å²) in [5.74, 6) is 1.07. The van der Waals surface area contributed by atoms with Gasteiger partial charge in [0.25, 0.3) is 5.91 Å². The van der Waals surface area contributed by atoms with Crippen molar-refractivity contribution in [2.45, 2.75) is 18.9 Å². The van der Waals surface area contributed by atoms with Gasteiger partial charge in [-0.1, -0.05) is 0 Å². The van der Waals surface area contributed by atoms with Crippen LogP contribution in [0.3, 0.4) is 0 Å². The van der Waals surface area contributed by atoms with Crippen LogP contribution in [0.2, 0.25) is 0 Å². The summed E-state index contributed by atoms with van der Waals surface area (Å²) < 4.78 is 0. The van der Waals surface area contributed by atoms with Crippen molar-refractivity contribution < 1.29 is 6.22 Å². The third-order valence-corrected chi connectivity index (χ3v) is 6.31. The molecule has 178 valence electrons. The Morgan fingerprint density at radius 3 is 2.74 bits per heavy atom. The Morgan fingerprint density at radius 2 is 2.00 bits per heavy atom. The summed E-state index contributed by atoms with van der Waals surface area (Å²) in [6.45, 7) is 1.86. The molecule has 1 amide bonds. The van der Waals surface area contributed by atoms with Crippen LogP contribution in [0.25, 0.3) is 16.6 Å². The van der Waals surface area contributed by atoms with Crippen LogP contribution in [0.15, 0.2) is 48.9 Å². The highest BCUT2D eigenvalue weighted by atomic mass is 16.1. The second kappa shape index (κ2) is 9.24. The molecule has 2 aliphatic rings. The summed E-state index contributed by atoms with van der Waals surface area (Å²) in [5, 5.41) is 5.61. The predicted molar refractivity (Wildman–Crippen MR) is 135 cm³/mol. The normalized spacial score (nSPS) is 16.6. The molecule has 1 saturated heterocycles. The van der Waals surface area contributed by atoms with Crippen molar-refractivity contribution in [3.05, 3.63) is 60.2 Å². The molecule has 0 radical (unpaired) electrons. The average molecular weight is 462 g/mol. The van der Waals surface area contributed by atoms with Gasteiger partial charge in [0, 0.05) is 63.2 Å². The molecule has 10 heteroatoms. The van der Waals surface area contributed by atoms with E-state index in [0.717, 1.165) is 54.0 Å². The van der Waals surface area contributed by atoms with Crippen molar-refractivity contribution in [1.82, 2.24) is 35.8 Å². The van der Waals surface area contributed by atoms with E-state index in [1.54, 1.807) is 24.5 Å². The van der Waals surface area contributed by atoms with Crippen LogP contribution in [0.1, 0.15) is 30.3 Å². The smallest absolute Gasteiger partial charge is 0.257 e. The first-order valence-electron chi connectivity index (χ1n) is 11.4. The van der Waals surface area contributed by atoms with E-state index in [9.17, 15) is 4.79 Å². The van der Waals surface area contributed by atoms with E-state index >= 15 is 0 Å². The monoisotopic (exact) mass is 461 g/mol. The van der Waals surface area contributed by atoms with Crippen molar-refractivity contribution in [3.8, 4) is 0 Å². The first kappa shape index (κ1) is 22.1. The lowest BCUT2D eigenvalue weighted by molar-refractivity contribution is 0.102. The molecule has 0 unspecified atom stereocenters. The van der Waals surface area contributed by atoms with Gasteiger partial charge in [-0.15, -0.1) is 5.53 Å². The van der Waals surface area contributed by atoms with Crippen LogP contribution >= 0.6 is 0 Å². The van der Waals surface area contributed by atoms with Crippen LogP contribution in [-0.2, 0) is 0 Å². The minimum absolute atomic E-state index is 0. The second-order valence-corrected chi connectivity index (χ2v) is 8.89. The zero-order chi connectivity index (χ0) is 23.7. The van der Waals surface area contributed by atoms with Gasteiger partial charge in [-0.05, 0) is 51.2 Å². The van der Waals surface area contributed by atoms with Gasteiger partial charge in [0.15, 0.2) is 0 Å². The highest BCUT2D eigenvalue weighted by molar-refractivity contribution is 6.04. The number of piperidine rings is 1. The first-order valence-corrected chi connectivity index (χ1v) is 11.4. The van der Waals surface area contributed by atoms with E-state index in [1.807, 2.05) is 36.5 Å². The maximum Gasteiger partial charge on any atom is 0.257 e. The predicted octanol–water partition coefficient (Wildman–Crippen LogP) is 2.31. The van der Waals surface area contributed by atoms with Gasteiger partial charge in [0.05, 0.1) is 16.9 Å². The molecule has 0 aromatic carbocycles. The van der Waals surface area contributed by atoms with Crippen LogP contribution in [-0.4, -0.2) is 71.0 Å². The molecule has 10 nitrogen and oxygen atoms in total. The Kier molecular flexibility index (Phi) is 5.99. The van der Waals surface area contributed by atoms with Gasteiger partial charge >= 0.3 is 0 Å². The Morgan fingerprint density at radius 1 is 1.18 bits per heavy atom. The highest BCUT2D eigenvalue weighted by Gasteiger charge is 2.22. The van der Waals surface area contributed by atoms with Crippen molar-refractivity contribution in [1.29, 1.82) is 0 Å². The number of rotatable bonds is 5. The summed E-state index contributed by atoms with van der Waals surface area (Å²) >= 11 is 0. The van der Waals surface area contributed by atoms with Crippen LogP contribution < -0.4 is 21.2 Å². The van der Waals surface area contributed by atoms with Crippen molar-refractivity contribution in [3.63, 3.8) is 0 Å². The summed E-state index contributed by atoms with van der Waals surface area (Å²) in [6, 6.07) is 9.86. The lowest BCUT2D eigenvalue weighted by atomic mass is 10.0. The molecule has 5 heterocycles. The number of carbonyl (C=O) groups is 1. The van der Waals surface area contributed by atoms with Crippen molar-refractivity contribution in [2.24, 2.45) is 0 Å². The number of nitrogens with one attached hydrogen (secondary N) is 3. The molecule has 5 rings (SSSR count). The molecule has 3 N–H and O–H groups in total. The first-order chi connectivity index (χ1) is 16.5. The van der Waals surface area contributed by atoms with Crippen LogP contribution in [0.5, 0.6) is 0 Å². The van der Waals surface area contributed by atoms with Gasteiger partial charge in [-0.3, -0.25) is 9.80 Å². The van der Waals surface area contributed by atoms with E-state index in [2.05, 4.69) is 50.1 Å². The molecular weight excluding hydrogens is 430 g/mol. The maximum atomic E-state index is 13.0. The fourth-order valence-electron chi connectivity index (χ4n) is 4.30. The van der Waals surface area contributed by atoms with Crippen molar-refractivity contribution in [2.75, 3.05) is 44.4 Å². The topological polar surface area (TPSA) is 102 Å². The maximum absolute atomic E-state index is 13.0. The number of carbonyl (C=O) groups excluding carboxylic acids is 1. The number of pyridine rings is 3. The minimum Gasteiger partial charge on any atom is -0.356 e. The lowest BCUT2D eigenvalue weighted by Gasteiger charge is -2.35. The van der Waals surface area contributed by atoms with Gasteiger partial charge in [0.1, 0.15) is 11.6 Å². The third kappa shape index (κ3) is 4.63. The molecule has 0 spiro atoms. The molecule has 3 aromatic heterocycles. The van der Waals surface area contributed by atoms with E-state index in [4.69, 9.17) is 4.98 Å². The minimum atomic E-state index is -0.221. The number of hydrogen-bond donors (Lipinski definition) is 3. The molecule has 0 aliphatic carbocycles. The molecule has 3 aromatic rings. The summed E-state index contributed by atoms with van der Waals surface area (Å²) in [5.41, 5.74) is 9.02. The third-order valence-electron chi connectivity index (χ3n) is 6.31. The number of anilines is 2. The largest absolute Gasteiger partial charge is 0.356 e. The van der Waals surface area contributed by atoms with Gasteiger partial charge in [-0.25, -0.2) is 15.0 Å². The van der Waals surface area contributed by atoms with E-state index < -0.39 is 0 Å². The fraction of sp³-hybridized carbons (Fsp3) is 0.333.